The quantitative estimate of drug-likeness (QED) is 0.392. The molecule has 0 nitrogen and oxygen atoms in total. The molecule has 47 valence electrons. The molecule has 0 aromatic rings. The Hall–Kier alpha value is 1.09. The second-order valence-corrected chi connectivity index (χ2v) is 3.66. The Morgan fingerprint density at radius 3 is 2.12 bits per heavy atom. The fourth-order valence-electron chi connectivity index (χ4n) is 0.573. The summed E-state index contributed by atoms with van der Waals surface area (Å²) in [5.41, 5.74) is 0. The van der Waals surface area contributed by atoms with E-state index in [9.17, 15) is 0 Å². The van der Waals surface area contributed by atoms with Gasteiger partial charge in [-0.15, -0.1) is 0 Å². The van der Waals surface area contributed by atoms with E-state index in [2.05, 4.69) is 0 Å². The summed E-state index contributed by atoms with van der Waals surface area (Å²) in [4.78, 5) is 0. The molecule has 0 aliphatic carbocycles. The van der Waals surface area contributed by atoms with Crippen LogP contribution in [0.25, 0.3) is 0 Å². The summed E-state index contributed by atoms with van der Waals surface area (Å²) in [6.45, 7) is 0. The van der Waals surface area contributed by atoms with E-state index >= 15 is 0 Å². The van der Waals surface area contributed by atoms with Gasteiger partial charge in [0.2, 0.25) is 0 Å². The van der Waals surface area contributed by atoms with Gasteiger partial charge in [0.25, 0.3) is 0 Å². The average Bonchev–Trinajstić information content (AvgIpc) is 1.81. The molecule has 0 N–H and O–H groups in total. The van der Waals surface area contributed by atoms with Crippen molar-refractivity contribution < 1.29 is 0 Å². The molecule has 0 aromatic heterocycles. The van der Waals surface area contributed by atoms with E-state index < -0.39 is 0 Å². The third kappa shape index (κ3) is 7.09. The molecule has 0 spiro atoms. The molecule has 2 heteroatoms. The average molecular weight is 238 g/mol. The predicted molar refractivity (Wildman–Crippen MR) is 39.7 cm³/mol. The molecule has 0 bridgehead atoms. The Morgan fingerprint density at radius 1 is 1.00 bits per heavy atom. The van der Waals surface area contributed by atoms with Crippen molar-refractivity contribution >= 4 is 34.1 Å². The minimum absolute atomic E-state index is 0.844. The van der Waals surface area contributed by atoms with Crippen LogP contribution in [-0.4, -0.2) is 28.4 Å². The van der Waals surface area contributed by atoms with Crippen LogP contribution in [0.5, 0.6) is 0 Å². The molecule has 0 saturated heterocycles. The van der Waals surface area contributed by atoms with Gasteiger partial charge in [-0.25, -0.2) is 0 Å². The molecule has 0 amide bonds. The summed E-state index contributed by atoms with van der Waals surface area (Å²) < 4.78 is 1.41. The zero-order chi connectivity index (χ0) is 6.24. The molecular formula is C6H12ClSn. The second kappa shape index (κ2) is 8.09. The first-order valence-electron chi connectivity index (χ1n) is 3.12. The van der Waals surface area contributed by atoms with E-state index in [-0.39, 0.29) is 0 Å². The molecule has 3 radical (unpaired) electrons. The van der Waals surface area contributed by atoms with Gasteiger partial charge in [-0.1, -0.05) is 0 Å². The van der Waals surface area contributed by atoms with Gasteiger partial charge < -0.3 is 0 Å². The monoisotopic (exact) mass is 239 g/mol. The van der Waals surface area contributed by atoms with Crippen LogP contribution in [-0.2, 0) is 0 Å². The van der Waals surface area contributed by atoms with E-state index in [0.29, 0.717) is 0 Å². The number of hydrogen-bond donors (Lipinski definition) is 0. The molecule has 0 rings (SSSR count). The summed E-state index contributed by atoms with van der Waals surface area (Å²) in [5.74, 6) is 0.844. The molecule has 0 fully saturated rings. The van der Waals surface area contributed by atoms with Gasteiger partial charge in [-0.2, -0.15) is 0 Å². The summed E-state index contributed by atoms with van der Waals surface area (Å²) in [6.07, 6.45) is 5.34. The van der Waals surface area contributed by atoms with Crippen LogP contribution in [0.2, 0.25) is 4.44 Å². The van der Waals surface area contributed by atoms with Gasteiger partial charge in [0.1, 0.15) is 0 Å². The first-order valence-corrected chi connectivity index (χ1v) is 5.67. The number of rotatable bonds is 5. The molecule has 0 atom stereocenters. The number of unbranched alkanes of at least 4 members (excludes halogenated alkanes) is 3. The SMILES string of the molecule is ClCCCCC[CH2][Sn]. The van der Waals surface area contributed by atoms with Gasteiger partial charge in [0.15, 0.2) is 0 Å². The van der Waals surface area contributed by atoms with Gasteiger partial charge in [0, 0.05) is 0 Å². The Labute approximate surface area is 70.1 Å². The van der Waals surface area contributed by atoms with Crippen LogP contribution in [0.4, 0.5) is 0 Å². The first-order chi connectivity index (χ1) is 3.91. The Morgan fingerprint density at radius 2 is 1.62 bits per heavy atom. The van der Waals surface area contributed by atoms with Crippen molar-refractivity contribution in [3.05, 3.63) is 0 Å². The third-order valence-corrected chi connectivity index (χ3v) is 2.34. The number of hydrogen-bond acceptors (Lipinski definition) is 0. The van der Waals surface area contributed by atoms with Crippen molar-refractivity contribution in [3.63, 3.8) is 0 Å². The molecule has 0 saturated carbocycles. The van der Waals surface area contributed by atoms with Crippen molar-refractivity contribution in [1.29, 1.82) is 0 Å². The van der Waals surface area contributed by atoms with Crippen molar-refractivity contribution in [2.45, 2.75) is 30.1 Å². The molecule has 0 aliphatic heterocycles. The Bertz CT molecular complexity index is 33.5. The van der Waals surface area contributed by atoms with Crippen LogP contribution in [0.1, 0.15) is 25.7 Å². The zero-order valence-electron chi connectivity index (χ0n) is 5.12. The maximum absolute atomic E-state index is 5.49. The van der Waals surface area contributed by atoms with E-state index in [1.54, 1.807) is 22.5 Å². The first kappa shape index (κ1) is 9.09. The fourth-order valence-corrected chi connectivity index (χ4v) is 1.48. The summed E-state index contributed by atoms with van der Waals surface area (Å²) in [7, 11) is 0. The van der Waals surface area contributed by atoms with E-state index in [0.717, 1.165) is 5.88 Å². The summed E-state index contributed by atoms with van der Waals surface area (Å²) >= 11 is 7.16. The van der Waals surface area contributed by atoms with Crippen LogP contribution >= 0.6 is 11.6 Å². The Kier molecular flexibility index (Phi) is 9.19. The van der Waals surface area contributed by atoms with E-state index in [4.69, 9.17) is 11.6 Å². The molecule has 0 aromatic carbocycles. The number of halogens is 1. The summed E-state index contributed by atoms with van der Waals surface area (Å²) in [5, 5.41) is 0. The zero-order valence-corrected chi connectivity index (χ0v) is 8.73. The van der Waals surface area contributed by atoms with Crippen LogP contribution in [0.15, 0.2) is 0 Å². The van der Waals surface area contributed by atoms with Crippen LogP contribution in [0.3, 0.4) is 0 Å². The van der Waals surface area contributed by atoms with Crippen molar-refractivity contribution in [2.75, 3.05) is 5.88 Å². The molecule has 0 aliphatic rings. The normalized spacial score (nSPS) is 9.75. The van der Waals surface area contributed by atoms with Gasteiger partial charge in [-0.3, -0.25) is 0 Å². The molecule has 0 heterocycles. The number of alkyl halides is 1. The van der Waals surface area contributed by atoms with Crippen LogP contribution < -0.4 is 0 Å². The van der Waals surface area contributed by atoms with Crippen molar-refractivity contribution in [3.8, 4) is 0 Å². The molecule has 0 unspecified atom stereocenters. The van der Waals surface area contributed by atoms with Crippen molar-refractivity contribution in [2.24, 2.45) is 0 Å². The van der Waals surface area contributed by atoms with Gasteiger partial charge >= 0.3 is 70.1 Å². The standard InChI is InChI=1S/C6H12Cl.Sn/c1-2-3-4-5-6-7;/h1-6H2;. The maximum atomic E-state index is 5.49. The molecule has 8 heavy (non-hydrogen) atoms. The minimum atomic E-state index is 0.844. The van der Waals surface area contributed by atoms with Crippen LogP contribution in [0, 0.1) is 0 Å². The van der Waals surface area contributed by atoms with E-state index in [1.165, 1.54) is 30.1 Å². The fraction of sp³-hybridized carbons (Fsp3) is 1.00. The molecular weight excluding hydrogens is 226 g/mol. The van der Waals surface area contributed by atoms with E-state index in [1.807, 2.05) is 0 Å². The van der Waals surface area contributed by atoms with Gasteiger partial charge in [-0.05, 0) is 0 Å². The second-order valence-electron chi connectivity index (χ2n) is 1.85. The third-order valence-electron chi connectivity index (χ3n) is 1.06. The summed E-state index contributed by atoms with van der Waals surface area (Å²) in [6, 6.07) is 0. The predicted octanol–water partition coefficient (Wildman–Crippen LogP) is 2.37. The van der Waals surface area contributed by atoms with Gasteiger partial charge in [0.05, 0.1) is 0 Å². The Balaban J connectivity index is 2.53. The topological polar surface area (TPSA) is 0 Å². The van der Waals surface area contributed by atoms with Crippen molar-refractivity contribution in [1.82, 2.24) is 0 Å².